The summed E-state index contributed by atoms with van der Waals surface area (Å²) in [5, 5.41) is 12.8. The number of benzene rings is 2. The Morgan fingerprint density at radius 2 is 1.65 bits per heavy atom. The van der Waals surface area contributed by atoms with Gasteiger partial charge in [-0.05, 0) is 55.8 Å². The Balaban J connectivity index is 1.92. The van der Waals surface area contributed by atoms with Crippen molar-refractivity contribution in [3.8, 4) is 0 Å². The molecule has 2 aromatic rings. The smallest absolute Gasteiger partial charge is 0.282 e. The first-order chi connectivity index (χ1) is 14.3. The van der Waals surface area contributed by atoms with Crippen LogP contribution in [-0.4, -0.2) is 43.6 Å². The molecular formula is C17H15ClN4O7S2. The first-order valence-electron chi connectivity index (χ1n) is 8.44. The number of amides is 1. The maximum Gasteiger partial charge on any atom is 0.296 e. The number of hydrazone groups is 1. The number of nitrogens with zero attached hydrogens (tertiary/aromatic N) is 4. The molecule has 1 aliphatic rings. The van der Waals surface area contributed by atoms with Crippen molar-refractivity contribution in [1.82, 2.24) is 0 Å². The molecule has 1 aliphatic heterocycles. The Bertz CT molecular complexity index is 1340. The highest BCUT2D eigenvalue weighted by molar-refractivity contribution is 7.86. The average Bonchev–Trinajstić information content (AvgIpc) is 2.95. The third-order valence-corrected chi connectivity index (χ3v) is 6.43. The number of aryl methyl sites for hydroxylation is 1. The SMILES string of the molecule is CC1=NN(c2ccc(S(=O)(=O)O)cc2)C(=O)C1N=Nc1cc(C)c(Cl)cc1S(=O)(=O)O. The minimum Gasteiger partial charge on any atom is -0.282 e. The molecule has 0 saturated heterocycles. The summed E-state index contributed by atoms with van der Waals surface area (Å²) >= 11 is 5.91. The minimum absolute atomic E-state index is 0.0979. The fraction of sp³-hybridized carbons (Fsp3) is 0.176. The molecule has 164 valence electrons. The molecule has 0 fully saturated rings. The van der Waals surface area contributed by atoms with Crippen LogP contribution < -0.4 is 5.01 Å². The van der Waals surface area contributed by atoms with Crippen molar-refractivity contribution in [3.63, 3.8) is 0 Å². The fourth-order valence-electron chi connectivity index (χ4n) is 2.69. The fourth-order valence-corrected chi connectivity index (χ4v) is 4.03. The Hall–Kier alpha value is -2.71. The molecule has 2 aromatic carbocycles. The maximum atomic E-state index is 12.7. The second kappa shape index (κ2) is 8.09. The van der Waals surface area contributed by atoms with Crippen LogP contribution in [0.2, 0.25) is 5.02 Å². The average molecular weight is 487 g/mol. The number of halogens is 1. The summed E-state index contributed by atoms with van der Waals surface area (Å²) in [6, 6.07) is 5.91. The lowest BCUT2D eigenvalue weighted by Crippen LogP contribution is -2.29. The van der Waals surface area contributed by atoms with E-state index in [2.05, 4.69) is 15.3 Å². The van der Waals surface area contributed by atoms with Gasteiger partial charge in [0.1, 0.15) is 10.6 Å². The summed E-state index contributed by atoms with van der Waals surface area (Å²) in [5.74, 6) is -0.625. The molecule has 0 saturated carbocycles. The molecule has 14 heteroatoms. The zero-order valence-corrected chi connectivity index (χ0v) is 18.3. The van der Waals surface area contributed by atoms with E-state index < -0.39 is 37.1 Å². The zero-order valence-electron chi connectivity index (χ0n) is 16.0. The van der Waals surface area contributed by atoms with Gasteiger partial charge in [0, 0.05) is 5.02 Å². The van der Waals surface area contributed by atoms with Crippen molar-refractivity contribution in [2.45, 2.75) is 29.7 Å². The van der Waals surface area contributed by atoms with Gasteiger partial charge in [0.25, 0.3) is 26.1 Å². The van der Waals surface area contributed by atoms with Crippen molar-refractivity contribution >= 4 is 54.8 Å². The summed E-state index contributed by atoms with van der Waals surface area (Å²) in [6.07, 6.45) is 0. The van der Waals surface area contributed by atoms with Crippen LogP contribution in [0.15, 0.2) is 61.5 Å². The van der Waals surface area contributed by atoms with Crippen molar-refractivity contribution in [2.24, 2.45) is 15.3 Å². The van der Waals surface area contributed by atoms with Gasteiger partial charge in [-0.1, -0.05) is 11.6 Å². The van der Waals surface area contributed by atoms with Crippen LogP contribution in [0.4, 0.5) is 11.4 Å². The molecule has 0 aliphatic carbocycles. The first-order valence-corrected chi connectivity index (χ1v) is 11.7. The molecule has 0 spiro atoms. The Morgan fingerprint density at radius 3 is 2.19 bits per heavy atom. The van der Waals surface area contributed by atoms with Crippen molar-refractivity contribution in [3.05, 3.63) is 47.0 Å². The largest absolute Gasteiger partial charge is 0.296 e. The summed E-state index contributed by atoms with van der Waals surface area (Å²) in [7, 11) is -9.04. The first kappa shape index (κ1) is 23.0. The summed E-state index contributed by atoms with van der Waals surface area (Å²) < 4.78 is 64.0. The lowest BCUT2D eigenvalue weighted by Gasteiger charge is -2.12. The number of rotatable bonds is 5. The Morgan fingerprint density at radius 1 is 1.03 bits per heavy atom. The van der Waals surface area contributed by atoms with Gasteiger partial charge in [-0.3, -0.25) is 13.9 Å². The van der Waals surface area contributed by atoms with Crippen LogP contribution in [0.1, 0.15) is 12.5 Å². The van der Waals surface area contributed by atoms with Crippen LogP contribution in [-0.2, 0) is 25.0 Å². The third-order valence-electron chi connectivity index (χ3n) is 4.27. The number of azo groups is 1. The van der Waals surface area contributed by atoms with Gasteiger partial charge >= 0.3 is 0 Å². The van der Waals surface area contributed by atoms with Crippen molar-refractivity contribution in [1.29, 1.82) is 0 Å². The number of carbonyl (C=O) groups is 1. The molecule has 1 heterocycles. The van der Waals surface area contributed by atoms with Crippen molar-refractivity contribution in [2.75, 3.05) is 5.01 Å². The molecule has 31 heavy (non-hydrogen) atoms. The molecule has 3 rings (SSSR count). The Labute approximate surface area is 182 Å². The highest BCUT2D eigenvalue weighted by atomic mass is 35.5. The molecule has 1 unspecified atom stereocenters. The zero-order chi connectivity index (χ0) is 23.1. The van der Waals surface area contributed by atoms with Crippen molar-refractivity contribution < 1.29 is 30.7 Å². The second-order valence-electron chi connectivity index (χ2n) is 6.52. The lowest BCUT2D eigenvalue weighted by atomic mass is 10.2. The monoisotopic (exact) mass is 486 g/mol. The van der Waals surface area contributed by atoms with E-state index >= 15 is 0 Å². The van der Waals surface area contributed by atoms with Gasteiger partial charge in [-0.25, -0.2) is 0 Å². The van der Waals surface area contributed by atoms with Gasteiger partial charge in [0.05, 0.1) is 16.3 Å². The van der Waals surface area contributed by atoms with E-state index in [-0.39, 0.29) is 27.0 Å². The predicted octanol–water partition coefficient (Wildman–Crippen LogP) is 3.02. The van der Waals surface area contributed by atoms with E-state index in [0.717, 1.165) is 23.2 Å². The summed E-state index contributed by atoms with van der Waals surface area (Å²) in [6.45, 7) is 3.10. The number of anilines is 1. The van der Waals surface area contributed by atoms with Crippen LogP contribution in [0, 0.1) is 6.92 Å². The van der Waals surface area contributed by atoms with Gasteiger partial charge in [0.2, 0.25) is 0 Å². The van der Waals surface area contributed by atoms with E-state index in [4.69, 9.17) is 16.2 Å². The van der Waals surface area contributed by atoms with Crippen LogP contribution in [0.3, 0.4) is 0 Å². The molecule has 0 bridgehead atoms. The topological polar surface area (TPSA) is 166 Å². The number of hydrogen-bond acceptors (Lipinski definition) is 8. The van der Waals surface area contributed by atoms with Crippen LogP contribution in [0.5, 0.6) is 0 Å². The molecule has 0 aromatic heterocycles. The standard InChI is InChI=1S/C17H15ClN4O7S2/c1-9-7-14(15(8-13(9)18)31(27,28)29)19-20-16-10(2)21-22(17(16)23)11-3-5-12(6-4-11)30(24,25)26/h3-8,16H,1-2H3,(H,24,25,26)(H,27,28,29). The predicted molar refractivity (Wildman–Crippen MR) is 111 cm³/mol. The minimum atomic E-state index is -4.65. The summed E-state index contributed by atoms with van der Waals surface area (Å²) in [5.41, 5.74) is 0.731. The second-order valence-corrected chi connectivity index (χ2v) is 9.74. The number of hydrogen-bond donors (Lipinski definition) is 2. The Kier molecular flexibility index (Phi) is 5.99. The molecule has 1 atom stereocenters. The molecule has 0 radical (unpaired) electrons. The van der Waals surface area contributed by atoms with E-state index in [9.17, 15) is 26.2 Å². The normalized spacial score (nSPS) is 17.5. The van der Waals surface area contributed by atoms with Crippen LogP contribution in [0.25, 0.3) is 0 Å². The van der Waals surface area contributed by atoms with E-state index in [1.165, 1.54) is 25.1 Å². The molecular weight excluding hydrogens is 472 g/mol. The number of carbonyl (C=O) groups excluding carboxylic acids is 1. The highest BCUT2D eigenvalue weighted by Gasteiger charge is 2.35. The molecule has 11 nitrogen and oxygen atoms in total. The van der Waals surface area contributed by atoms with E-state index in [1.54, 1.807) is 6.92 Å². The van der Waals surface area contributed by atoms with Gasteiger partial charge in [-0.2, -0.15) is 37.2 Å². The van der Waals surface area contributed by atoms with Crippen LogP contribution >= 0.6 is 11.6 Å². The lowest BCUT2D eigenvalue weighted by molar-refractivity contribution is -0.117. The molecule has 1 amide bonds. The van der Waals surface area contributed by atoms with Gasteiger partial charge < -0.3 is 0 Å². The van der Waals surface area contributed by atoms with E-state index in [0.29, 0.717) is 5.56 Å². The van der Waals surface area contributed by atoms with E-state index in [1.807, 2.05) is 0 Å². The third kappa shape index (κ3) is 4.80. The van der Waals surface area contributed by atoms with Gasteiger partial charge in [0.15, 0.2) is 6.04 Å². The van der Waals surface area contributed by atoms with Gasteiger partial charge in [-0.15, -0.1) is 0 Å². The quantitative estimate of drug-likeness (QED) is 0.483. The highest BCUT2D eigenvalue weighted by Crippen LogP contribution is 2.32. The summed E-state index contributed by atoms with van der Waals surface area (Å²) in [4.78, 5) is 11.8. The maximum absolute atomic E-state index is 12.7. The molecule has 2 N–H and O–H groups in total.